The van der Waals surface area contributed by atoms with E-state index in [1.165, 1.54) is 53.3 Å². The number of nitrogens with zero attached hydrogens (tertiary/aromatic N) is 1. The number of nitrogens with two attached hydrogens (primary N) is 1. The van der Waals surface area contributed by atoms with Crippen LogP contribution in [0.25, 0.3) is 22.2 Å². The largest absolute Gasteiger partial charge is 0.354 e. The van der Waals surface area contributed by atoms with E-state index in [4.69, 9.17) is 5.73 Å². The Labute approximate surface area is 197 Å². The Morgan fingerprint density at radius 1 is 1.06 bits per heavy atom. The van der Waals surface area contributed by atoms with E-state index in [0.717, 1.165) is 16.8 Å². The predicted octanol–water partition coefficient (Wildman–Crippen LogP) is 5.94. The van der Waals surface area contributed by atoms with Crippen LogP contribution in [0, 0.1) is 13.8 Å². The van der Waals surface area contributed by atoms with E-state index in [1.54, 1.807) is 0 Å². The molecule has 3 heterocycles. The molecular weight excluding hydrogens is 406 g/mol. The van der Waals surface area contributed by atoms with Gasteiger partial charge in [0.2, 0.25) is 5.91 Å². The van der Waals surface area contributed by atoms with E-state index in [0.29, 0.717) is 18.6 Å². The number of carbonyl (C=O) groups is 1. The van der Waals surface area contributed by atoms with Gasteiger partial charge in [-0.1, -0.05) is 30.2 Å². The average molecular weight is 444 g/mol. The minimum Gasteiger partial charge on any atom is -0.354 e. The lowest BCUT2D eigenvalue weighted by Crippen LogP contribution is -2.45. The number of rotatable bonds is 5. The maximum absolute atomic E-state index is 13.7. The van der Waals surface area contributed by atoms with Crippen molar-refractivity contribution in [3.8, 4) is 11.3 Å². The number of benzene rings is 2. The molecule has 2 aliphatic heterocycles. The normalized spacial score (nSPS) is 21.2. The molecule has 0 saturated carbocycles. The summed E-state index contributed by atoms with van der Waals surface area (Å²) in [4.78, 5) is 19.6. The smallest absolute Gasteiger partial charge is 0.233 e. The van der Waals surface area contributed by atoms with Crippen molar-refractivity contribution in [2.75, 3.05) is 6.54 Å². The minimum absolute atomic E-state index is 0.207. The van der Waals surface area contributed by atoms with Gasteiger partial charge in [0.05, 0.1) is 11.1 Å². The Hall–Kier alpha value is -2.59. The fourth-order valence-electron chi connectivity index (χ4n) is 6.27. The van der Waals surface area contributed by atoms with Crippen molar-refractivity contribution in [1.29, 1.82) is 0 Å². The topological polar surface area (TPSA) is 62.1 Å². The van der Waals surface area contributed by atoms with Crippen LogP contribution in [-0.4, -0.2) is 34.4 Å². The highest BCUT2D eigenvalue weighted by molar-refractivity contribution is 5.95. The summed E-state index contributed by atoms with van der Waals surface area (Å²) in [5.74, 6) is 0.489. The van der Waals surface area contributed by atoms with Crippen LogP contribution in [0.3, 0.4) is 0 Å². The summed E-state index contributed by atoms with van der Waals surface area (Å²) in [7, 11) is 0. The molecule has 0 spiro atoms. The maximum Gasteiger partial charge on any atom is 0.233 e. The van der Waals surface area contributed by atoms with E-state index in [1.807, 2.05) is 0 Å². The molecule has 3 aromatic rings. The number of aromatic nitrogens is 1. The summed E-state index contributed by atoms with van der Waals surface area (Å²) < 4.78 is 0. The van der Waals surface area contributed by atoms with Gasteiger partial charge in [-0.05, 0) is 107 Å². The third-order valence-corrected chi connectivity index (χ3v) is 8.14. The number of H-pyrrole nitrogens is 1. The van der Waals surface area contributed by atoms with Gasteiger partial charge in [0, 0.05) is 23.0 Å². The highest BCUT2D eigenvalue weighted by Gasteiger charge is 2.46. The first-order valence-corrected chi connectivity index (χ1v) is 12.5. The van der Waals surface area contributed by atoms with Gasteiger partial charge in [0.25, 0.3) is 0 Å². The van der Waals surface area contributed by atoms with Crippen molar-refractivity contribution in [3.63, 3.8) is 0 Å². The van der Waals surface area contributed by atoms with Crippen molar-refractivity contribution in [3.05, 3.63) is 58.7 Å². The van der Waals surface area contributed by atoms with E-state index in [9.17, 15) is 4.79 Å². The Balaban J connectivity index is 1.62. The minimum atomic E-state index is -0.556. The first kappa shape index (κ1) is 22.2. The molecule has 4 heteroatoms. The molecule has 2 aliphatic rings. The van der Waals surface area contributed by atoms with Crippen LogP contribution in [-0.2, 0) is 10.2 Å². The molecule has 1 atom stereocenters. The van der Waals surface area contributed by atoms with Gasteiger partial charge in [-0.3, -0.25) is 4.79 Å². The summed E-state index contributed by atoms with van der Waals surface area (Å²) in [6, 6.07) is 14.1. The number of aryl methyl sites for hydroxylation is 2. The summed E-state index contributed by atoms with van der Waals surface area (Å²) in [5.41, 5.74) is 13.9. The van der Waals surface area contributed by atoms with Gasteiger partial charge in [0.1, 0.15) is 0 Å². The molecule has 5 rings (SSSR count). The summed E-state index contributed by atoms with van der Waals surface area (Å²) >= 11 is 0. The summed E-state index contributed by atoms with van der Waals surface area (Å²) in [6.07, 6.45) is 4.67. The SMILES string of the molecule is Cc1cc(C)cc(-c2[nH]c3ccc(C(C)(C)C(=O)N4C5CCC4CC5)cc3c2[C@H](C)CN)c1. The first-order valence-electron chi connectivity index (χ1n) is 12.5. The molecule has 1 aromatic heterocycles. The van der Waals surface area contributed by atoms with Crippen molar-refractivity contribution in [2.24, 2.45) is 5.73 Å². The lowest BCUT2D eigenvalue weighted by Gasteiger charge is -2.33. The van der Waals surface area contributed by atoms with Crippen LogP contribution in [0.5, 0.6) is 0 Å². The van der Waals surface area contributed by atoms with Crippen molar-refractivity contribution in [1.82, 2.24) is 9.88 Å². The van der Waals surface area contributed by atoms with E-state index < -0.39 is 5.41 Å². The number of hydrogen-bond acceptors (Lipinski definition) is 2. The lowest BCUT2D eigenvalue weighted by molar-refractivity contribution is -0.137. The predicted molar refractivity (Wildman–Crippen MR) is 137 cm³/mol. The van der Waals surface area contributed by atoms with Crippen LogP contribution >= 0.6 is 0 Å². The lowest BCUT2D eigenvalue weighted by atomic mass is 9.81. The van der Waals surface area contributed by atoms with Crippen molar-refractivity contribution < 1.29 is 4.79 Å². The van der Waals surface area contributed by atoms with Crippen LogP contribution in [0.2, 0.25) is 0 Å². The Morgan fingerprint density at radius 2 is 1.67 bits per heavy atom. The van der Waals surface area contributed by atoms with Gasteiger partial charge >= 0.3 is 0 Å². The van der Waals surface area contributed by atoms with Crippen molar-refractivity contribution >= 4 is 16.8 Å². The molecular formula is C29H37N3O. The van der Waals surface area contributed by atoms with Gasteiger partial charge in [-0.2, -0.15) is 0 Å². The maximum atomic E-state index is 13.7. The zero-order valence-corrected chi connectivity index (χ0v) is 20.7. The zero-order valence-electron chi connectivity index (χ0n) is 20.7. The van der Waals surface area contributed by atoms with E-state index >= 15 is 0 Å². The van der Waals surface area contributed by atoms with E-state index in [2.05, 4.69) is 80.9 Å². The highest BCUT2D eigenvalue weighted by atomic mass is 16.2. The number of hydrogen-bond donors (Lipinski definition) is 2. The first-order chi connectivity index (χ1) is 15.7. The van der Waals surface area contributed by atoms with Gasteiger partial charge in [-0.25, -0.2) is 0 Å². The fourth-order valence-corrected chi connectivity index (χ4v) is 6.27. The Bertz CT molecular complexity index is 1180. The fraction of sp³-hybridized carbons (Fsp3) is 0.483. The Morgan fingerprint density at radius 3 is 2.24 bits per heavy atom. The van der Waals surface area contributed by atoms with Crippen LogP contribution in [0.4, 0.5) is 0 Å². The standard InChI is InChI=1S/C29H37N3O/c1-17-12-18(2)14-20(13-17)27-26(19(3)16-30)24-15-21(6-11-25(24)31-27)29(4,5)28(33)32-22-7-8-23(32)10-9-22/h6,11-15,19,22-23,31H,7-10,16,30H2,1-5H3/t19-,22?,23?/m1/s1. The monoisotopic (exact) mass is 443 g/mol. The number of nitrogens with one attached hydrogen (secondary N) is 1. The number of carbonyl (C=O) groups excluding carboxylic acids is 1. The summed E-state index contributed by atoms with van der Waals surface area (Å²) in [6.45, 7) is 11.2. The average Bonchev–Trinajstić information content (AvgIpc) is 3.49. The number of amides is 1. The molecule has 174 valence electrons. The molecule has 2 bridgehead atoms. The van der Waals surface area contributed by atoms with Crippen LogP contribution < -0.4 is 5.73 Å². The second-order valence-electron chi connectivity index (χ2n) is 11.0. The number of aromatic amines is 1. The molecule has 2 fully saturated rings. The highest BCUT2D eigenvalue weighted by Crippen LogP contribution is 2.42. The Kier molecular flexibility index (Phi) is 5.40. The molecule has 0 aliphatic carbocycles. The molecule has 0 unspecified atom stereocenters. The third kappa shape index (κ3) is 3.59. The van der Waals surface area contributed by atoms with Crippen LogP contribution in [0.15, 0.2) is 36.4 Å². The molecule has 1 amide bonds. The van der Waals surface area contributed by atoms with E-state index in [-0.39, 0.29) is 11.8 Å². The van der Waals surface area contributed by atoms with Crippen molar-refractivity contribution in [2.45, 2.75) is 83.7 Å². The second-order valence-corrected chi connectivity index (χ2v) is 11.0. The molecule has 4 nitrogen and oxygen atoms in total. The molecule has 3 N–H and O–H groups in total. The quantitative estimate of drug-likeness (QED) is 0.512. The molecule has 2 aromatic carbocycles. The molecule has 33 heavy (non-hydrogen) atoms. The second kappa shape index (κ2) is 8.02. The van der Waals surface area contributed by atoms with Crippen LogP contribution in [0.1, 0.15) is 74.6 Å². The van der Waals surface area contributed by atoms with Gasteiger partial charge in [0.15, 0.2) is 0 Å². The summed E-state index contributed by atoms with van der Waals surface area (Å²) in [5, 5.41) is 1.19. The van der Waals surface area contributed by atoms with Gasteiger partial charge < -0.3 is 15.6 Å². The third-order valence-electron chi connectivity index (χ3n) is 8.14. The number of fused-ring (bicyclic) bond motifs is 3. The molecule has 0 radical (unpaired) electrons. The van der Waals surface area contributed by atoms with Gasteiger partial charge in [-0.15, -0.1) is 0 Å². The zero-order chi connectivity index (χ0) is 23.5. The molecule has 2 saturated heterocycles.